The van der Waals surface area contributed by atoms with E-state index in [1.165, 1.54) is 49.7 Å². The van der Waals surface area contributed by atoms with Crippen LogP contribution in [0.1, 0.15) is 24.0 Å². The third kappa shape index (κ3) is 1.78. The normalized spacial score (nSPS) is 15.2. The summed E-state index contributed by atoms with van der Waals surface area (Å²) < 4.78 is 11.8. The molecule has 2 rings (SSSR count). The van der Waals surface area contributed by atoms with Gasteiger partial charge >= 0.3 is 88.2 Å². The van der Waals surface area contributed by atoms with E-state index in [2.05, 4.69) is 6.07 Å². The molecule has 0 aliphatic heterocycles. The Balaban J connectivity index is 2.57. The molecule has 0 radical (unpaired) electrons. The van der Waals surface area contributed by atoms with Gasteiger partial charge in [0.15, 0.2) is 0 Å². The molecule has 2 nitrogen and oxygen atoms in total. The zero-order valence-electron chi connectivity index (χ0n) is 7.63. The van der Waals surface area contributed by atoms with Gasteiger partial charge in [0.05, 0.1) is 0 Å². The van der Waals surface area contributed by atoms with Crippen LogP contribution in [-0.2, 0) is 32.2 Å². The third-order valence-corrected chi connectivity index (χ3v) is 3.15. The van der Waals surface area contributed by atoms with Crippen molar-refractivity contribution in [1.29, 1.82) is 0 Å². The Morgan fingerprint density at radius 1 is 1.38 bits per heavy atom. The first-order valence-corrected chi connectivity index (χ1v) is 5.98. The molecule has 0 fully saturated rings. The molecule has 1 heterocycles. The molecule has 0 saturated heterocycles. The zero-order valence-corrected chi connectivity index (χ0v) is 10.6. The number of rotatable bonds is 1. The van der Waals surface area contributed by atoms with Crippen molar-refractivity contribution in [1.82, 2.24) is 0 Å². The fourth-order valence-corrected chi connectivity index (χ4v) is 2.59. The minimum absolute atomic E-state index is 0.738. The second-order valence-corrected chi connectivity index (χ2v) is 4.71. The van der Waals surface area contributed by atoms with E-state index in [1.807, 2.05) is 0 Å². The minimum atomic E-state index is 0.738. The Bertz CT molecular complexity index is 347. The standard InChI is InChI=1S/C10H12O2.W/c1-11-10-9-5-3-2-4-8(9)6-7-12-10;/h6H,2-5H2,1H3;. The summed E-state index contributed by atoms with van der Waals surface area (Å²) in [6, 6.07) is 2.17. The van der Waals surface area contributed by atoms with Crippen LogP contribution in [0.3, 0.4) is 0 Å². The number of aryl methyl sites for hydroxylation is 1. The molecule has 1 aromatic heterocycles. The van der Waals surface area contributed by atoms with Gasteiger partial charge in [0.25, 0.3) is 0 Å². The van der Waals surface area contributed by atoms with E-state index >= 15 is 0 Å². The maximum atomic E-state index is 5.54. The van der Waals surface area contributed by atoms with Gasteiger partial charge in [-0.15, -0.1) is 0 Å². The summed E-state index contributed by atoms with van der Waals surface area (Å²) in [5, 5.41) is 0. The topological polar surface area (TPSA) is 22.4 Å². The van der Waals surface area contributed by atoms with Gasteiger partial charge in [-0.3, -0.25) is 0 Å². The SMILES string of the molecule is COc1o[c](=[W])cc2c1CCCC2. The van der Waals surface area contributed by atoms with Gasteiger partial charge in [-0.2, -0.15) is 0 Å². The van der Waals surface area contributed by atoms with Crippen molar-refractivity contribution < 1.29 is 28.5 Å². The summed E-state index contributed by atoms with van der Waals surface area (Å²) in [7, 11) is 1.68. The second-order valence-electron chi connectivity index (χ2n) is 3.27. The molecule has 1 aromatic rings. The molecule has 1 aliphatic rings. The number of hydrogen-bond donors (Lipinski definition) is 0. The van der Waals surface area contributed by atoms with Crippen LogP contribution in [0.25, 0.3) is 0 Å². The molecule has 0 saturated carbocycles. The van der Waals surface area contributed by atoms with Gasteiger partial charge in [-0.25, -0.2) is 0 Å². The van der Waals surface area contributed by atoms with E-state index in [0.717, 1.165) is 16.1 Å². The van der Waals surface area contributed by atoms with Crippen LogP contribution in [0.5, 0.6) is 5.95 Å². The van der Waals surface area contributed by atoms with Gasteiger partial charge in [-0.1, -0.05) is 0 Å². The molecule has 1 aliphatic carbocycles. The molecule has 0 amide bonds. The van der Waals surface area contributed by atoms with Crippen LogP contribution in [0.4, 0.5) is 0 Å². The van der Waals surface area contributed by atoms with E-state index < -0.39 is 0 Å². The van der Waals surface area contributed by atoms with Crippen LogP contribution in [-0.4, -0.2) is 7.11 Å². The third-order valence-electron chi connectivity index (χ3n) is 2.43. The fourth-order valence-electron chi connectivity index (χ4n) is 1.81. The Kier molecular flexibility index (Phi) is 2.68. The first-order valence-electron chi connectivity index (χ1n) is 4.51. The van der Waals surface area contributed by atoms with Gasteiger partial charge in [0.2, 0.25) is 0 Å². The predicted octanol–water partition coefficient (Wildman–Crippen LogP) is 2.25. The van der Waals surface area contributed by atoms with Crippen LogP contribution in [0.15, 0.2) is 10.5 Å². The summed E-state index contributed by atoms with van der Waals surface area (Å²) in [5.41, 5.74) is 2.72. The Hall–Kier alpha value is -0.362. The molecule has 0 atom stereocenters. The van der Waals surface area contributed by atoms with E-state index in [4.69, 9.17) is 9.15 Å². The summed E-state index contributed by atoms with van der Waals surface area (Å²) >= 11 is 1.36. The van der Waals surface area contributed by atoms with Crippen molar-refractivity contribution in [2.24, 2.45) is 0 Å². The average Bonchev–Trinajstić information content (AvgIpc) is 2.16. The molecule has 3 heteroatoms. The number of ether oxygens (including phenoxy) is 1. The van der Waals surface area contributed by atoms with Crippen LogP contribution in [0.2, 0.25) is 0 Å². The van der Waals surface area contributed by atoms with Crippen molar-refractivity contribution in [2.45, 2.75) is 25.7 Å². The molecule has 70 valence electrons. The molecule has 0 aromatic carbocycles. The fraction of sp³-hybridized carbons (Fsp3) is 0.500. The Morgan fingerprint density at radius 2 is 2.15 bits per heavy atom. The Morgan fingerprint density at radius 3 is 2.92 bits per heavy atom. The maximum absolute atomic E-state index is 5.54. The molecule has 0 N–H and O–H groups in total. The second kappa shape index (κ2) is 3.79. The van der Waals surface area contributed by atoms with Crippen molar-refractivity contribution in [3.05, 3.63) is 20.9 Å². The van der Waals surface area contributed by atoms with Crippen molar-refractivity contribution in [3.63, 3.8) is 0 Å². The molecule has 0 bridgehead atoms. The van der Waals surface area contributed by atoms with Gasteiger partial charge < -0.3 is 0 Å². The summed E-state index contributed by atoms with van der Waals surface area (Å²) in [6.45, 7) is 0. The van der Waals surface area contributed by atoms with E-state index in [0.29, 0.717) is 0 Å². The molecular formula is C10H12O2W. The molecular weight excluding hydrogens is 336 g/mol. The number of hydrogen-bond acceptors (Lipinski definition) is 2. The summed E-state index contributed by atoms with van der Waals surface area (Å²) in [5.74, 6) is 0.738. The molecule has 13 heavy (non-hydrogen) atoms. The van der Waals surface area contributed by atoms with Crippen LogP contribution < -0.4 is 4.74 Å². The van der Waals surface area contributed by atoms with E-state index in [-0.39, 0.29) is 0 Å². The van der Waals surface area contributed by atoms with Crippen molar-refractivity contribution in [3.8, 4) is 5.95 Å². The summed E-state index contributed by atoms with van der Waals surface area (Å²) in [4.78, 5) is 0. The number of fused-ring (bicyclic) bond motifs is 1. The zero-order chi connectivity index (χ0) is 9.26. The van der Waals surface area contributed by atoms with Gasteiger partial charge in [0.1, 0.15) is 0 Å². The molecule has 0 unspecified atom stereocenters. The Labute approximate surface area is 88.3 Å². The van der Waals surface area contributed by atoms with Crippen molar-refractivity contribution >= 4 is 0 Å². The quantitative estimate of drug-likeness (QED) is 0.777. The molecule has 0 spiro atoms. The first kappa shape index (κ1) is 9.20. The van der Waals surface area contributed by atoms with Crippen LogP contribution in [0, 0.1) is 3.74 Å². The monoisotopic (exact) mass is 348 g/mol. The first-order chi connectivity index (χ1) is 6.31. The summed E-state index contributed by atoms with van der Waals surface area (Å²) in [6.07, 6.45) is 4.85. The van der Waals surface area contributed by atoms with Crippen LogP contribution >= 0.6 is 0 Å². The van der Waals surface area contributed by atoms with Gasteiger partial charge in [0, 0.05) is 0 Å². The predicted molar refractivity (Wildman–Crippen MR) is 45.1 cm³/mol. The van der Waals surface area contributed by atoms with E-state index in [1.54, 1.807) is 7.11 Å². The van der Waals surface area contributed by atoms with Crippen molar-refractivity contribution in [2.75, 3.05) is 7.11 Å². The number of methoxy groups -OCH3 is 1. The average molecular weight is 348 g/mol. The van der Waals surface area contributed by atoms with Gasteiger partial charge in [-0.05, 0) is 0 Å². The van der Waals surface area contributed by atoms with E-state index in [9.17, 15) is 0 Å².